The van der Waals surface area contributed by atoms with Gasteiger partial charge >= 0.3 is 5.97 Å². The number of carbonyl (C=O) groups is 2. The number of piperidine rings is 1. The first-order valence-corrected chi connectivity index (χ1v) is 7.36. The standard InChI is InChI=1S/C14H24N2O3.ClH/c1-11-5-4-9-16(11)13(17)7-10-15-8-3-2-6-12(15)14(18)19;/h11-12H,2-10H2,1H3,(H,18,19);1H. The van der Waals surface area contributed by atoms with Crippen molar-refractivity contribution in [3.8, 4) is 0 Å². The molecule has 0 spiro atoms. The van der Waals surface area contributed by atoms with E-state index in [-0.39, 0.29) is 18.3 Å². The largest absolute Gasteiger partial charge is 0.480 e. The van der Waals surface area contributed by atoms with Crippen molar-refractivity contribution < 1.29 is 14.7 Å². The molecule has 5 nitrogen and oxygen atoms in total. The predicted octanol–water partition coefficient (Wildman–Crippen LogP) is 1.75. The summed E-state index contributed by atoms with van der Waals surface area (Å²) < 4.78 is 0. The van der Waals surface area contributed by atoms with Crippen LogP contribution in [0.2, 0.25) is 0 Å². The molecule has 1 N–H and O–H groups in total. The lowest BCUT2D eigenvalue weighted by Crippen LogP contribution is -2.46. The van der Waals surface area contributed by atoms with E-state index in [0.29, 0.717) is 25.4 Å². The highest BCUT2D eigenvalue weighted by molar-refractivity contribution is 5.85. The minimum Gasteiger partial charge on any atom is -0.480 e. The molecule has 6 heteroatoms. The Labute approximate surface area is 126 Å². The summed E-state index contributed by atoms with van der Waals surface area (Å²) in [6.07, 6.45) is 5.36. The Morgan fingerprint density at radius 2 is 1.90 bits per heavy atom. The second-order valence-corrected chi connectivity index (χ2v) is 5.71. The molecule has 20 heavy (non-hydrogen) atoms. The topological polar surface area (TPSA) is 60.9 Å². The molecule has 0 saturated carbocycles. The zero-order chi connectivity index (χ0) is 13.8. The van der Waals surface area contributed by atoms with E-state index in [1.807, 2.05) is 9.80 Å². The molecule has 2 aliphatic rings. The maximum Gasteiger partial charge on any atom is 0.320 e. The third-order valence-corrected chi connectivity index (χ3v) is 4.38. The molecule has 116 valence electrons. The van der Waals surface area contributed by atoms with Gasteiger partial charge in [0.05, 0.1) is 0 Å². The van der Waals surface area contributed by atoms with E-state index in [1.54, 1.807) is 0 Å². The lowest BCUT2D eigenvalue weighted by molar-refractivity contribution is -0.145. The molecule has 0 bridgehead atoms. The van der Waals surface area contributed by atoms with E-state index in [0.717, 1.165) is 38.8 Å². The van der Waals surface area contributed by atoms with Gasteiger partial charge in [-0.1, -0.05) is 6.42 Å². The molecule has 2 rings (SSSR count). The molecule has 2 fully saturated rings. The molecule has 0 aliphatic carbocycles. The molecule has 2 saturated heterocycles. The van der Waals surface area contributed by atoms with Gasteiger partial charge in [0.1, 0.15) is 6.04 Å². The Hall–Kier alpha value is -0.810. The number of hydrogen-bond acceptors (Lipinski definition) is 3. The number of nitrogens with zero attached hydrogens (tertiary/aromatic N) is 2. The van der Waals surface area contributed by atoms with Crippen molar-refractivity contribution in [2.75, 3.05) is 19.6 Å². The van der Waals surface area contributed by atoms with Crippen molar-refractivity contribution in [3.05, 3.63) is 0 Å². The molecule has 0 aromatic heterocycles. The molecular weight excluding hydrogens is 280 g/mol. The summed E-state index contributed by atoms with van der Waals surface area (Å²) in [5, 5.41) is 9.19. The Balaban J connectivity index is 0.00000200. The summed E-state index contributed by atoms with van der Waals surface area (Å²) in [7, 11) is 0. The molecule has 2 unspecified atom stereocenters. The highest BCUT2D eigenvalue weighted by Gasteiger charge is 2.30. The third-order valence-electron chi connectivity index (χ3n) is 4.38. The van der Waals surface area contributed by atoms with Gasteiger partial charge in [0.15, 0.2) is 0 Å². The summed E-state index contributed by atoms with van der Waals surface area (Å²) in [5.41, 5.74) is 0. The van der Waals surface area contributed by atoms with Crippen LogP contribution in [-0.4, -0.2) is 58.5 Å². The van der Waals surface area contributed by atoms with Gasteiger partial charge in [0.2, 0.25) is 5.91 Å². The summed E-state index contributed by atoms with van der Waals surface area (Å²) >= 11 is 0. The van der Waals surface area contributed by atoms with Crippen molar-refractivity contribution in [1.82, 2.24) is 9.80 Å². The van der Waals surface area contributed by atoms with Gasteiger partial charge in [-0.15, -0.1) is 12.4 Å². The summed E-state index contributed by atoms with van der Waals surface area (Å²) in [4.78, 5) is 27.2. The van der Waals surface area contributed by atoms with Gasteiger partial charge in [-0.05, 0) is 39.2 Å². The number of carboxylic acids is 1. The minimum atomic E-state index is -0.748. The van der Waals surface area contributed by atoms with E-state index in [1.165, 1.54) is 0 Å². The van der Waals surface area contributed by atoms with Crippen LogP contribution in [-0.2, 0) is 9.59 Å². The second-order valence-electron chi connectivity index (χ2n) is 5.71. The van der Waals surface area contributed by atoms with Crippen LogP contribution in [0.3, 0.4) is 0 Å². The maximum atomic E-state index is 12.1. The lowest BCUT2D eigenvalue weighted by Gasteiger charge is -2.33. The fourth-order valence-electron chi connectivity index (χ4n) is 3.22. The second kappa shape index (κ2) is 7.84. The van der Waals surface area contributed by atoms with Gasteiger partial charge in [-0.3, -0.25) is 14.5 Å². The van der Waals surface area contributed by atoms with E-state index < -0.39 is 12.0 Å². The number of carboxylic acid groups (broad SMARTS) is 1. The first-order chi connectivity index (χ1) is 9.09. The van der Waals surface area contributed by atoms with Crippen molar-refractivity contribution in [2.45, 2.75) is 57.5 Å². The van der Waals surface area contributed by atoms with Gasteiger partial charge in [-0.25, -0.2) is 0 Å². The minimum absolute atomic E-state index is 0. The summed E-state index contributed by atoms with van der Waals surface area (Å²) in [6, 6.07) is -0.0401. The Morgan fingerprint density at radius 3 is 2.50 bits per heavy atom. The van der Waals surface area contributed by atoms with Crippen molar-refractivity contribution in [1.29, 1.82) is 0 Å². The highest BCUT2D eigenvalue weighted by Crippen LogP contribution is 2.20. The van der Waals surface area contributed by atoms with Crippen molar-refractivity contribution in [2.24, 2.45) is 0 Å². The third kappa shape index (κ3) is 4.09. The van der Waals surface area contributed by atoms with Gasteiger partial charge in [-0.2, -0.15) is 0 Å². The number of halogens is 1. The molecule has 0 radical (unpaired) electrons. The van der Waals surface area contributed by atoms with Crippen molar-refractivity contribution >= 4 is 24.3 Å². The van der Waals surface area contributed by atoms with Crippen LogP contribution < -0.4 is 0 Å². The first-order valence-electron chi connectivity index (χ1n) is 7.36. The van der Waals surface area contributed by atoms with E-state index in [4.69, 9.17) is 0 Å². The quantitative estimate of drug-likeness (QED) is 0.859. The van der Waals surface area contributed by atoms with Gasteiger partial charge in [0, 0.05) is 25.6 Å². The van der Waals surface area contributed by atoms with E-state index in [9.17, 15) is 14.7 Å². The average Bonchev–Trinajstić information content (AvgIpc) is 2.82. The zero-order valence-corrected chi connectivity index (χ0v) is 12.9. The average molecular weight is 305 g/mol. The molecular formula is C14H25ClN2O3. The molecule has 2 atom stereocenters. The zero-order valence-electron chi connectivity index (χ0n) is 12.1. The van der Waals surface area contributed by atoms with E-state index in [2.05, 4.69) is 6.92 Å². The number of carbonyl (C=O) groups excluding carboxylic acids is 1. The molecule has 1 amide bonds. The molecule has 2 aliphatic heterocycles. The van der Waals surface area contributed by atoms with Crippen LogP contribution in [0.5, 0.6) is 0 Å². The Kier molecular flexibility index (Phi) is 6.76. The predicted molar refractivity (Wildman–Crippen MR) is 79.1 cm³/mol. The van der Waals surface area contributed by atoms with Crippen molar-refractivity contribution in [3.63, 3.8) is 0 Å². The lowest BCUT2D eigenvalue weighted by atomic mass is 10.0. The highest BCUT2D eigenvalue weighted by atomic mass is 35.5. The fraction of sp³-hybridized carbons (Fsp3) is 0.857. The SMILES string of the molecule is CC1CCCN1C(=O)CCN1CCCCC1C(=O)O.Cl. The van der Waals surface area contributed by atoms with Crippen LogP contribution in [0, 0.1) is 0 Å². The number of aliphatic carboxylic acids is 1. The summed E-state index contributed by atoms with van der Waals surface area (Å²) in [6.45, 7) is 4.34. The summed E-state index contributed by atoms with van der Waals surface area (Å²) in [5.74, 6) is -0.568. The number of likely N-dealkylation sites (tertiary alicyclic amines) is 2. The van der Waals surface area contributed by atoms with Crippen LogP contribution in [0.25, 0.3) is 0 Å². The van der Waals surface area contributed by atoms with E-state index >= 15 is 0 Å². The molecule has 0 aromatic rings. The van der Waals surface area contributed by atoms with Crippen LogP contribution in [0.1, 0.15) is 45.4 Å². The number of hydrogen-bond donors (Lipinski definition) is 1. The molecule has 2 heterocycles. The van der Waals surface area contributed by atoms with Crippen LogP contribution >= 0.6 is 12.4 Å². The smallest absolute Gasteiger partial charge is 0.320 e. The number of rotatable bonds is 4. The Morgan fingerprint density at radius 1 is 1.15 bits per heavy atom. The monoisotopic (exact) mass is 304 g/mol. The number of amides is 1. The normalized spacial score (nSPS) is 27.1. The first kappa shape index (κ1) is 17.2. The maximum absolute atomic E-state index is 12.1. The van der Waals surface area contributed by atoms with Gasteiger partial charge < -0.3 is 10.0 Å². The fourth-order valence-corrected chi connectivity index (χ4v) is 3.22. The van der Waals surface area contributed by atoms with Gasteiger partial charge in [0.25, 0.3) is 0 Å². The molecule has 0 aromatic carbocycles. The van der Waals surface area contributed by atoms with Crippen LogP contribution in [0.4, 0.5) is 0 Å². The van der Waals surface area contributed by atoms with Crippen LogP contribution in [0.15, 0.2) is 0 Å². The Bertz CT molecular complexity index is 351.